The van der Waals surface area contributed by atoms with Gasteiger partial charge in [0.1, 0.15) is 0 Å². The first-order valence-corrected chi connectivity index (χ1v) is 5.86. The summed E-state index contributed by atoms with van der Waals surface area (Å²) in [4.78, 5) is 0. The van der Waals surface area contributed by atoms with Gasteiger partial charge >= 0.3 is 0 Å². The Balaban J connectivity index is 2.96. The molecule has 0 spiro atoms. The van der Waals surface area contributed by atoms with Crippen LogP contribution in [0.15, 0.2) is 16.6 Å². The lowest BCUT2D eigenvalue weighted by Crippen LogP contribution is -2.35. The largest absolute Gasteiger partial charge is 0.398 e. The van der Waals surface area contributed by atoms with Gasteiger partial charge in [0.25, 0.3) is 0 Å². The maximum atomic E-state index is 8.87. The van der Waals surface area contributed by atoms with E-state index in [1.54, 1.807) is 6.07 Å². The Bertz CT molecular complexity index is 427. The molecule has 0 saturated heterocycles. The van der Waals surface area contributed by atoms with E-state index in [0.717, 1.165) is 10.0 Å². The number of hydrogen-bond acceptors (Lipinski definition) is 3. The summed E-state index contributed by atoms with van der Waals surface area (Å²) in [7, 11) is 0. The van der Waals surface area contributed by atoms with Crippen LogP contribution in [0.3, 0.4) is 0 Å². The summed E-state index contributed by atoms with van der Waals surface area (Å²) in [5.41, 5.74) is 8.22. The van der Waals surface area contributed by atoms with E-state index >= 15 is 0 Å². The number of nitrogen functional groups attached to an aromatic ring is 1. The predicted molar refractivity (Wildman–Crippen MR) is 69.9 cm³/mol. The van der Waals surface area contributed by atoms with Gasteiger partial charge in [-0.05, 0) is 54.4 Å². The fraction of sp³-hybridized carbons (Fsp3) is 0.417. The minimum atomic E-state index is 0.0293. The molecule has 1 rings (SSSR count). The average Bonchev–Trinajstić information content (AvgIpc) is 2.18. The summed E-state index contributed by atoms with van der Waals surface area (Å²) in [6.07, 6.45) is 0. The van der Waals surface area contributed by atoms with E-state index in [9.17, 15) is 0 Å². The van der Waals surface area contributed by atoms with Gasteiger partial charge in [-0.2, -0.15) is 5.26 Å². The maximum Gasteiger partial charge on any atom is 0.0992 e. The van der Waals surface area contributed by atoms with Crippen LogP contribution in [-0.2, 0) is 6.54 Å². The van der Waals surface area contributed by atoms with E-state index in [0.29, 0.717) is 17.8 Å². The molecular formula is C12H16BrN3. The van der Waals surface area contributed by atoms with Crippen LogP contribution in [0, 0.1) is 11.3 Å². The first kappa shape index (κ1) is 13.0. The Morgan fingerprint density at radius 1 is 1.44 bits per heavy atom. The zero-order valence-corrected chi connectivity index (χ0v) is 11.4. The van der Waals surface area contributed by atoms with E-state index in [1.807, 2.05) is 6.07 Å². The molecule has 0 saturated carbocycles. The molecule has 0 aliphatic rings. The summed E-state index contributed by atoms with van der Waals surface area (Å²) in [6, 6.07) is 5.67. The average molecular weight is 282 g/mol. The molecule has 0 fully saturated rings. The van der Waals surface area contributed by atoms with Crippen LogP contribution in [0.4, 0.5) is 5.69 Å². The van der Waals surface area contributed by atoms with Crippen molar-refractivity contribution in [1.29, 1.82) is 5.26 Å². The topological polar surface area (TPSA) is 61.8 Å². The van der Waals surface area contributed by atoms with Crippen molar-refractivity contribution in [1.82, 2.24) is 5.32 Å². The van der Waals surface area contributed by atoms with E-state index in [2.05, 4.69) is 48.1 Å². The Labute approximate surface area is 105 Å². The number of nitrogens with zero attached hydrogens (tertiary/aromatic N) is 1. The standard InChI is InChI=1S/C12H16BrN3/c1-12(2,3)16-7-9-4-8(6-14)5-10(13)11(9)15/h4-5,16H,7,15H2,1-3H3. The molecule has 0 amide bonds. The molecule has 0 aliphatic heterocycles. The van der Waals surface area contributed by atoms with Crippen molar-refractivity contribution in [3.63, 3.8) is 0 Å². The molecule has 0 bridgehead atoms. The summed E-state index contributed by atoms with van der Waals surface area (Å²) in [5.74, 6) is 0. The highest BCUT2D eigenvalue weighted by molar-refractivity contribution is 9.10. The molecule has 0 aliphatic carbocycles. The van der Waals surface area contributed by atoms with Crippen molar-refractivity contribution in [3.05, 3.63) is 27.7 Å². The van der Waals surface area contributed by atoms with Gasteiger partial charge in [-0.25, -0.2) is 0 Å². The SMILES string of the molecule is CC(C)(C)NCc1cc(C#N)cc(Br)c1N. The fourth-order valence-corrected chi connectivity index (χ4v) is 1.75. The smallest absolute Gasteiger partial charge is 0.0992 e. The number of anilines is 1. The molecule has 0 atom stereocenters. The van der Waals surface area contributed by atoms with Crippen molar-refractivity contribution in [2.24, 2.45) is 0 Å². The van der Waals surface area contributed by atoms with Crippen LogP contribution < -0.4 is 11.1 Å². The molecule has 4 heteroatoms. The van der Waals surface area contributed by atoms with Gasteiger partial charge in [0, 0.05) is 16.6 Å². The number of nitriles is 1. The number of nitrogens with two attached hydrogens (primary N) is 1. The van der Waals surface area contributed by atoms with Gasteiger partial charge in [0.05, 0.1) is 17.3 Å². The lowest BCUT2D eigenvalue weighted by Gasteiger charge is -2.21. The molecule has 3 nitrogen and oxygen atoms in total. The van der Waals surface area contributed by atoms with E-state index in [-0.39, 0.29) is 5.54 Å². The van der Waals surface area contributed by atoms with Crippen molar-refractivity contribution < 1.29 is 0 Å². The van der Waals surface area contributed by atoms with Crippen LogP contribution in [-0.4, -0.2) is 5.54 Å². The van der Waals surface area contributed by atoms with Gasteiger partial charge in [0.2, 0.25) is 0 Å². The molecule has 0 unspecified atom stereocenters. The fourth-order valence-electron chi connectivity index (χ4n) is 1.25. The Morgan fingerprint density at radius 3 is 2.56 bits per heavy atom. The minimum Gasteiger partial charge on any atom is -0.398 e. The summed E-state index contributed by atoms with van der Waals surface area (Å²) in [5, 5.41) is 12.2. The number of halogens is 1. The number of benzene rings is 1. The van der Waals surface area contributed by atoms with Crippen LogP contribution in [0.5, 0.6) is 0 Å². The van der Waals surface area contributed by atoms with Crippen molar-refractivity contribution in [3.8, 4) is 6.07 Å². The molecule has 86 valence electrons. The van der Waals surface area contributed by atoms with E-state index < -0.39 is 0 Å². The number of nitrogens with one attached hydrogen (secondary N) is 1. The lowest BCUT2D eigenvalue weighted by atomic mass is 10.1. The molecule has 1 aromatic carbocycles. The third-order valence-electron chi connectivity index (χ3n) is 2.15. The third kappa shape index (κ3) is 3.51. The Hall–Kier alpha value is -1.05. The van der Waals surface area contributed by atoms with Crippen LogP contribution in [0.1, 0.15) is 31.9 Å². The van der Waals surface area contributed by atoms with Crippen LogP contribution in [0.2, 0.25) is 0 Å². The molecule has 3 N–H and O–H groups in total. The third-order valence-corrected chi connectivity index (χ3v) is 2.81. The summed E-state index contributed by atoms with van der Waals surface area (Å²) in [6.45, 7) is 6.93. The highest BCUT2D eigenvalue weighted by atomic mass is 79.9. The van der Waals surface area contributed by atoms with Crippen molar-refractivity contribution in [2.45, 2.75) is 32.9 Å². The first-order valence-electron chi connectivity index (χ1n) is 5.06. The van der Waals surface area contributed by atoms with Crippen LogP contribution in [0.25, 0.3) is 0 Å². The molecule has 0 radical (unpaired) electrons. The number of hydrogen-bond donors (Lipinski definition) is 2. The van der Waals surface area contributed by atoms with Gasteiger partial charge in [-0.1, -0.05) is 0 Å². The second kappa shape index (κ2) is 4.86. The van der Waals surface area contributed by atoms with E-state index in [4.69, 9.17) is 11.0 Å². The Morgan fingerprint density at radius 2 is 2.06 bits per heavy atom. The second-order valence-corrected chi connectivity index (χ2v) is 5.60. The van der Waals surface area contributed by atoms with E-state index in [1.165, 1.54) is 0 Å². The molecule has 0 heterocycles. The van der Waals surface area contributed by atoms with Gasteiger partial charge in [-0.3, -0.25) is 0 Å². The highest BCUT2D eigenvalue weighted by Gasteiger charge is 2.11. The maximum absolute atomic E-state index is 8.87. The van der Waals surface area contributed by atoms with Gasteiger partial charge < -0.3 is 11.1 Å². The summed E-state index contributed by atoms with van der Waals surface area (Å²) < 4.78 is 0.775. The van der Waals surface area contributed by atoms with Gasteiger partial charge in [-0.15, -0.1) is 0 Å². The zero-order chi connectivity index (χ0) is 12.3. The normalized spacial score (nSPS) is 11.2. The molecular weight excluding hydrogens is 266 g/mol. The Kier molecular flexibility index (Phi) is 3.95. The first-order chi connectivity index (χ1) is 7.33. The molecule has 16 heavy (non-hydrogen) atoms. The van der Waals surface area contributed by atoms with Crippen LogP contribution >= 0.6 is 15.9 Å². The number of rotatable bonds is 2. The van der Waals surface area contributed by atoms with Crippen molar-refractivity contribution >= 4 is 21.6 Å². The summed E-state index contributed by atoms with van der Waals surface area (Å²) >= 11 is 3.35. The molecule has 1 aromatic rings. The van der Waals surface area contributed by atoms with Gasteiger partial charge in [0.15, 0.2) is 0 Å². The highest BCUT2D eigenvalue weighted by Crippen LogP contribution is 2.25. The zero-order valence-electron chi connectivity index (χ0n) is 9.76. The second-order valence-electron chi connectivity index (χ2n) is 4.75. The predicted octanol–water partition coefficient (Wildman–Crippen LogP) is 2.79. The minimum absolute atomic E-state index is 0.0293. The molecule has 0 aromatic heterocycles. The quantitative estimate of drug-likeness (QED) is 0.820. The van der Waals surface area contributed by atoms with Crippen molar-refractivity contribution in [2.75, 3.05) is 5.73 Å². The lowest BCUT2D eigenvalue weighted by molar-refractivity contribution is 0.424. The monoisotopic (exact) mass is 281 g/mol.